The molecule has 6 nitrogen and oxygen atoms in total. The molecule has 23 heavy (non-hydrogen) atoms. The summed E-state index contributed by atoms with van der Waals surface area (Å²) in [6.07, 6.45) is -0.0500. The van der Waals surface area contributed by atoms with Crippen molar-refractivity contribution in [3.63, 3.8) is 0 Å². The van der Waals surface area contributed by atoms with Gasteiger partial charge in [0, 0.05) is 19.3 Å². The molecule has 3 rings (SSSR count). The third kappa shape index (κ3) is 3.09. The normalized spacial score (nSPS) is 32.3. The number of ether oxygens (including phenoxy) is 3. The molecule has 0 unspecified atom stereocenters. The minimum atomic E-state index is -0.790. The molecule has 6 heteroatoms. The van der Waals surface area contributed by atoms with Crippen molar-refractivity contribution < 1.29 is 28.9 Å². The van der Waals surface area contributed by atoms with Gasteiger partial charge in [-0.2, -0.15) is 0 Å². The van der Waals surface area contributed by atoms with E-state index in [9.17, 15) is 14.7 Å². The van der Waals surface area contributed by atoms with Crippen molar-refractivity contribution in [1.82, 2.24) is 0 Å². The molecule has 0 radical (unpaired) electrons. The van der Waals surface area contributed by atoms with Crippen LogP contribution >= 0.6 is 0 Å². The number of benzene rings is 1. The molecule has 1 aromatic rings. The van der Waals surface area contributed by atoms with Gasteiger partial charge in [-0.15, -0.1) is 0 Å². The Bertz CT molecular complexity index is 586. The van der Waals surface area contributed by atoms with Gasteiger partial charge in [-0.25, -0.2) is 4.79 Å². The van der Waals surface area contributed by atoms with Crippen LogP contribution < -0.4 is 0 Å². The fourth-order valence-electron chi connectivity index (χ4n) is 3.37. The summed E-state index contributed by atoms with van der Waals surface area (Å²) in [5.41, 5.74) is -0.325. The van der Waals surface area contributed by atoms with Gasteiger partial charge in [-0.3, -0.25) is 4.79 Å². The highest BCUT2D eigenvalue weighted by atomic mass is 16.6. The molecule has 1 heterocycles. The Morgan fingerprint density at radius 3 is 2.65 bits per heavy atom. The largest absolute Gasteiger partial charge is 0.462 e. The number of aliphatic hydroxyl groups is 1. The molecule has 1 aromatic carbocycles. The first-order valence-electron chi connectivity index (χ1n) is 7.72. The summed E-state index contributed by atoms with van der Waals surface area (Å²) < 4.78 is 16.3. The van der Waals surface area contributed by atoms with E-state index in [-0.39, 0.29) is 25.2 Å². The van der Waals surface area contributed by atoms with E-state index in [0.717, 1.165) is 0 Å². The lowest BCUT2D eigenvalue weighted by Crippen LogP contribution is -2.69. The second kappa shape index (κ2) is 6.29. The fraction of sp³-hybridized carbons (Fsp3) is 0.529. The number of hydrogen-bond donors (Lipinski definition) is 1. The van der Waals surface area contributed by atoms with Crippen LogP contribution in [0, 0.1) is 5.92 Å². The average molecular weight is 320 g/mol. The predicted octanol–water partition coefficient (Wildman–Crippen LogP) is 1.31. The first kappa shape index (κ1) is 16.0. The smallest absolute Gasteiger partial charge is 0.338 e. The number of carbonyl (C=O) groups excluding carboxylic acids is 2. The Balaban J connectivity index is 1.69. The third-order valence-electron chi connectivity index (χ3n) is 4.55. The molecule has 1 N–H and O–H groups in total. The van der Waals surface area contributed by atoms with Crippen LogP contribution in [-0.2, 0) is 19.0 Å². The van der Waals surface area contributed by atoms with E-state index < -0.39 is 23.6 Å². The van der Waals surface area contributed by atoms with Gasteiger partial charge in [0.25, 0.3) is 0 Å². The van der Waals surface area contributed by atoms with Gasteiger partial charge >= 0.3 is 11.9 Å². The lowest BCUT2D eigenvalue weighted by molar-refractivity contribution is -0.299. The molecule has 0 bridgehead atoms. The zero-order valence-electron chi connectivity index (χ0n) is 12.9. The van der Waals surface area contributed by atoms with Crippen molar-refractivity contribution in [3.05, 3.63) is 35.9 Å². The second-order valence-electron chi connectivity index (χ2n) is 6.13. The number of rotatable bonds is 4. The van der Waals surface area contributed by atoms with Crippen molar-refractivity contribution in [2.45, 2.75) is 37.6 Å². The molecular weight excluding hydrogens is 300 g/mol. The summed E-state index contributed by atoms with van der Waals surface area (Å²) in [6.45, 7) is 1.71. The van der Waals surface area contributed by atoms with E-state index in [1.54, 1.807) is 24.3 Å². The van der Waals surface area contributed by atoms with Crippen LogP contribution in [0.3, 0.4) is 0 Å². The maximum Gasteiger partial charge on any atom is 0.338 e. The Kier molecular flexibility index (Phi) is 4.37. The van der Waals surface area contributed by atoms with E-state index in [4.69, 9.17) is 14.2 Å². The summed E-state index contributed by atoms with van der Waals surface area (Å²) in [5.74, 6) is -1.10. The molecule has 0 spiro atoms. The minimum absolute atomic E-state index is 0.0813. The van der Waals surface area contributed by atoms with Gasteiger partial charge in [0.2, 0.25) is 0 Å². The zero-order valence-corrected chi connectivity index (χ0v) is 12.9. The first-order valence-corrected chi connectivity index (χ1v) is 7.72. The van der Waals surface area contributed by atoms with Crippen LogP contribution in [0.4, 0.5) is 0 Å². The minimum Gasteiger partial charge on any atom is -0.462 e. The maximum atomic E-state index is 12.1. The quantitative estimate of drug-likeness (QED) is 0.843. The first-order chi connectivity index (χ1) is 11.0. The molecule has 0 amide bonds. The van der Waals surface area contributed by atoms with Crippen molar-refractivity contribution >= 4 is 11.9 Å². The number of esters is 2. The highest BCUT2D eigenvalue weighted by molar-refractivity contribution is 5.89. The standard InChI is InChI=1S/C17H20O6/c1-11(18)23-17-10-22-15(17)8-14(19)7-13(17)9-21-16(20)12-5-3-2-4-6-12/h2-6,13-15,19H,7-10H2,1H3/t13-,14-,15-,17-/m1/s1. The van der Waals surface area contributed by atoms with E-state index >= 15 is 0 Å². The summed E-state index contributed by atoms with van der Waals surface area (Å²) in [5, 5.41) is 9.97. The maximum absolute atomic E-state index is 12.1. The van der Waals surface area contributed by atoms with Crippen LogP contribution in [0.2, 0.25) is 0 Å². The van der Waals surface area contributed by atoms with Crippen LogP contribution in [-0.4, -0.2) is 48.1 Å². The van der Waals surface area contributed by atoms with E-state index in [0.29, 0.717) is 18.4 Å². The average Bonchev–Trinajstić information content (AvgIpc) is 2.52. The molecule has 1 saturated heterocycles. The van der Waals surface area contributed by atoms with Crippen LogP contribution in [0.25, 0.3) is 0 Å². The van der Waals surface area contributed by atoms with Gasteiger partial charge in [0.15, 0.2) is 5.60 Å². The molecule has 1 aliphatic carbocycles. The fourth-order valence-corrected chi connectivity index (χ4v) is 3.37. The topological polar surface area (TPSA) is 82.1 Å². The monoisotopic (exact) mass is 320 g/mol. The SMILES string of the molecule is CC(=O)O[C@@]12CO[C@@H]1C[C@H](O)C[C@@H]2COC(=O)c1ccccc1. The van der Waals surface area contributed by atoms with Gasteiger partial charge < -0.3 is 19.3 Å². The number of carbonyl (C=O) groups is 2. The van der Waals surface area contributed by atoms with E-state index in [1.165, 1.54) is 6.92 Å². The van der Waals surface area contributed by atoms with E-state index in [2.05, 4.69) is 0 Å². The van der Waals surface area contributed by atoms with Crippen LogP contribution in [0.1, 0.15) is 30.1 Å². The second-order valence-corrected chi connectivity index (χ2v) is 6.13. The molecule has 2 aliphatic rings. The van der Waals surface area contributed by atoms with Crippen LogP contribution in [0.15, 0.2) is 30.3 Å². The molecule has 1 saturated carbocycles. The molecule has 1 aliphatic heterocycles. The highest BCUT2D eigenvalue weighted by Crippen LogP contribution is 2.45. The van der Waals surface area contributed by atoms with Crippen molar-refractivity contribution in [3.8, 4) is 0 Å². The molecule has 124 valence electrons. The van der Waals surface area contributed by atoms with Gasteiger partial charge in [0.1, 0.15) is 6.10 Å². The molecule has 2 fully saturated rings. The molecule has 0 aromatic heterocycles. The third-order valence-corrected chi connectivity index (χ3v) is 4.55. The lowest BCUT2D eigenvalue weighted by Gasteiger charge is -2.55. The number of fused-ring (bicyclic) bond motifs is 1. The Labute approximate surface area is 134 Å². The Hall–Kier alpha value is -1.92. The van der Waals surface area contributed by atoms with Crippen molar-refractivity contribution in [2.75, 3.05) is 13.2 Å². The van der Waals surface area contributed by atoms with E-state index in [1.807, 2.05) is 6.07 Å². The summed E-state index contributed by atoms with van der Waals surface area (Å²) in [7, 11) is 0. The Morgan fingerprint density at radius 2 is 2.04 bits per heavy atom. The van der Waals surface area contributed by atoms with Crippen LogP contribution in [0.5, 0.6) is 0 Å². The summed E-state index contributed by atoms with van der Waals surface area (Å²) >= 11 is 0. The molecule has 4 atom stereocenters. The lowest BCUT2D eigenvalue weighted by atomic mass is 9.69. The van der Waals surface area contributed by atoms with Gasteiger partial charge in [0.05, 0.1) is 24.9 Å². The summed E-state index contributed by atoms with van der Waals surface area (Å²) in [4.78, 5) is 23.5. The molecular formula is C17H20O6. The highest BCUT2D eigenvalue weighted by Gasteiger charge is 2.60. The number of aliphatic hydroxyl groups excluding tert-OH is 1. The van der Waals surface area contributed by atoms with Gasteiger partial charge in [-0.1, -0.05) is 18.2 Å². The summed E-state index contributed by atoms with van der Waals surface area (Å²) in [6, 6.07) is 8.69. The Morgan fingerprint density at radius 1 is 1.30 bits per heavy atom. The predicted molar refractivity (Wildman–Crippen MR) is 79.7 cm³/mol. The van der Waals surface area contributed by atoms with Crippen molar-refractivity contribution in [1.29, 1.82) is 0 Å². The number of hydrogen-bond acceptors (Lipinski definition) is 6. The van der Waals surface area contributed by atoms with Gasteiger partial charge in [-0.05, 0) is 18.6 Å². The zero-order chi connectivity index (χ0) is 16.4. The van der Waals surface area contributed by atoms with Crippen molar-refractivity contribution in [2.24, 2.45) is 5.92 Å².